The zero-order valence-corrected chi connectivity index (χ0v) is 14.6. The highest BCUT2D eigenvalue weighted by Gasteiger charge is 2.14. The van der Waals surface area contributed by atoms with Crippen molar-refractivity contribution in [2.24, 2.45) is 0 Å². The Hall–Kier alpha value is -3.10. The van der Waals surface area contributed by atoms with Crippen LogP contribution >= 0.6 is 12.2 Å². The minimum absolute atomic E-state index is 0.123. The summed E-state index contributed by atoms with van der Waals surface area (Å²) in [5.74, 6) is 1.30. The second-order valence-corrected chi connectivity index (χ2v) is 5.63. The quantitative estimate of drug-likeness (QED) is 0.592. The third-order valence-electron chi connectivity index (χ3n) is 3.51. The first-order valence-electron chi connectivity index (χ1n) is 7.64. The van der Waals surface area contributed by atoms with Crippen LogP contribution < -0.4 is 15.4 Å². The Morgan fingerprint density at radius 2 is 2.12 bits per heavy atom. The van der Waals surface area contributed by atoms with E-state index in [0.717, 1.165) is 0 Å². The first kappa shape index (κ1) is 17.7. The second-order valence-electron chi connectivity index (χ2n) is 5.22. The van der Waals surface area contributed by atoms with Crippen LogP contribution in [0.2, 0.25) is 0 Å². The van der Waals surface area contributed by atoms with Crippen molar-refractivity contribution in [3.05, 3.63) is 60.2 Å². The van der Waals surface area contributed by atoms with Gasteiger partial charge in [-0.1, -0.05) is 0 Å². The maximum atomic E-state index is 11.9. The van der Waals surface area contributed by atoms with Crippen molar-refractivity contribution in [1.82, 2.24) is 5.32 Å². The summed E-state index contributed by atoms with van der Waals surface area (Å²) >= 11 is 5.16. The van der Waals surface area contributed by atoms with Crippen molar-refractivity contribution in [2.75, 3.05) is 12.4 Å². The summed E-state index contributed by atoms with van der Waals surface area (Å²) in [6.45, 7) is -0.191. The molecule has 2 aromatic heterocycles. The number of thiocarbonyl (C=S) groups is 1. The van der Waals surface area contributed by atoms with Crippen molar-refractivity contribution in [2.45, 2.75) is 6.61 Å². The maximum Gasteiger partial charge on any atom is 0.293 e. The summed E-state index contributed by atoms with van der Waals surface area (Å²) < 4.78 is 15.9. The average Bonchev–Trinajstić information content (AvgIpc) is 3.33. The molecule has 8 heteroatoms. The molecule has 0 fully saturated rings. The lowest BCUT2D eigenvalue weighted by atomic mass is 10.1. The van der Waals surface area contributed by atoms with Crippen molar-refractivity contribution in [3.8, 4) is 17.1 Å². The molecule has 0 aliphatic heterocycles. The smallest absolute Gasteiger partial charge is 0.293 e. The van der Waals surface area contributed by atoms with Crippen LogP contribution in [0.5, 0.6) is 5.75 Å². The van der Waals surface area contributed by atoms with E-state index in [1.54, 1.807) is 49.6 Å². The molecule has 3 N–H and O–H groups in total. The van der Waals surface area contributed by atoms with E-state index in [4.69, 9.17) is 30.9 Å². The number of benzene rings is 1. The first-order valence-corrected chi connectivity index (χ1v) is 8.05. The number of rotatable bonds is 5. The van der Waals surface area contributed by atoms with Crippen molar-refractivity contribution in [3.63, 3.8) is 0 Å². The lowest BCUT2D eigenvalue weighted by Gasteiger charge is -2.12. The molecule has 1 aromatic carbocycles. The number of carbonyl (C=O) groups excluding carboxylic acids is 1. The zero-order chi connectivity index (χ0) is 18.5. The molecule has 0 spiro atoms. The van der Waals surface area contributed by atoms with Gasteiger partial charge in [0.2, 0.25) is 0 Å². The van der Waals surface area contributed by atoms with Crippen LogP contribution in [0.15, 0.2) is 57.6 Å². The van der Waals surface area contributed by atoms with Gasteiger partial charge < -0.3 is 24.0 Å². The summed E-state index contributed by atoms with van der Waals surface area (Å²) in [7, 11) is 1.55. The summed E-state index contributed by atoms with van der Waals surface area (Å²) in [5, 5.41) is 14.7. The summed E-state index contributed by atoms with van der Waals surface area (Å²) in [6.07, 6.45) is 1.41. The molecule has 0 saturated heterocycles. The number of amides is 1. The number of carbonyl (C=O) groups is 1. The molecule has 0 aliphatic carbocycles. The van der Waals surface area contributed by atoms with Crippen LogP contribution in [-0.2, 0) is 6.61 Å². The maximum absolute atomic E-state index is 11.9. The molecular weight excluding hydrogens is 356 g/mol. The Morgan fingerprint density at radius 3 is 2.77 bits per heavy atom. The fraction of sp³-hybridized carbons (Fsp3) is 0.111. The topological polar surface area (TPSA) is 96.9 Å². The van der Waals surface area contributed by atoms with Gasteiger partial charge in [-0.25, -0.2) is 0 Å². The Labute approximate surface area is 154 Å². The van der Waals surface area contributed by atoms with Gasteiger partial charge in [-0.3, -0.25) is 10.1 Å². The lowest BCUT2D eigenvalue weighted by molar-refractivity contribution is 0.0950. The van der Waals surface area contributed by atoms with Crippen molar-refractivity contribution in [1.29, 1.82) is 0 Å². The van der Waals surface area contributed by atoms with E-state index in [1.165, 1.54) is 6.26 Å². The minimum Gasteiger partial charge on any atom is -0.496 e. The van der Waals surface area contributed by atoms with Gasteiger partial charge in [-0.2, -0.15) is 0 Å². The SMILES string of the molecule is COc1ccc(NC(=S)NC(=O)c2ccco2)cc1-c1ccc(CO)o1. The summed E-state index contributed by atoms with van der Waals surface area (Å²) in [4.78, 5) is 11.9. The predicted octanol–water partition coefficient (Wildman–Crippen LogP) is 3.17. The minimum atomic E-state index is -0.445. The van der Waals surface area contributed by atoms with E-state index in [2.05, 4.69) is 10.6 Å². The van der Waals surface area contributed by atoms with Gasteiger partial charge in [0.05, 0.1) is 18.9 Å². The number of ether oxygens (including phenoxy) is 1. The molecule has 0 saturated carbocycles. The third kappa shape index (κ3) is 3.93. The zero-order valence-electron chi connectivity index (χ0n) is 13.8. The van der Waals surface area contributed by atoms with Crippen molar-refractivity contribution >= 4 is 28.9 Å². The highest BCUT2D eigenvalue weighted by Crippen LogP contribution is 2.33. The standard InChI is InChI=1S/C18H16N2O5S/c1-23-14-6-4-11(9-13(14)15-7-5-12(10-21)25-15)19-18(26)20-17(22)16-3-2-8-24-16/h2-9,21H,10H2,1H3,(H2,19,20,22,26). The van der Waals surface area contributed by atoms with E-state index >= 15 is 0 Å². The first-order chi connectivity index (χ1) is 12.6. The van der Waals surface area contributed by atoms with Gasteiger partial charge in [-0.05, 0) is 54.7 Å². The van der Waals surface area contributed by atoms with Crippen LogP contribution in [0.3, 0.4) is 0 Å². The third-order valence-corrected chi connectivity index (χ3v) is 3.72. The number of aliphatic hydroxyl groups excluding tert-OH is 1. The van der Waals surface area contributed by atoms with Gasteiger partial charge in [0.25, 0.3) is 5.91 Å². The molecule has 0 atom stereocenters. The molecule has 2 heterocycles. The van der Waals surface area contributed by atoms with Gasteiger partial charge >= 0.3 is 0 Å². The van der Waals surface area contributed by atoms with E-state index in [-0.39, 0.29) is 17.5 Å². The summed E-state index contributed by atoms with van der Waals surface area (Å²) in [5.41, 5.74) is 1.31. The largest absolute Gasteiger partial charge is 0.496 e. The van der Waals surface area contributed by atoms with E-state index < -0.39 is 5.91 Å². The highest BCUT2D eigenvalue weighted by atomic mass is 32.1. The Morgan fingerprint density at radius 1 is 1.27 bits per heavy atom. The van der Waals surface area contributed by atoms with Gasteiger partial charge in [0.15, 0.2) is 10.9 Å². The van der Waals surface area contributed by atoms with Crippen LogP contribution in [0, 0.1) is 0 Å². The van der Waals surface area contributed by atoms with Crippen LogP contribution in [-0.4, -0.2) is 23.2 Å². The highest BCUT2D eigenvalue weighted by molar-refractivity contribution is 7.80. The normalized spacial score (nSPS) is 10.4. The Bertz CT molecular complexity index is 918. The number of aliphatic hydroxyl groups is 1. The number of furan rings is 2. The van der Waals surface area contributed by atoms with Crippen molar-refractivity contribution < 1.29 is 23.5 Å². The number of hydrogen-bond donors (Lipinski definition) is 3. The molecular formula is C18H16N2O5S. The molecule has 3 aromatic rings. The van der Waals surface area contributed by atoms with Gasteiger partial charge in [-0.15, -0.1) is 0 Å². The number of nitrogens with one attached hydrogen (secondary N) is 2. The molecule has 26 heavy (non-hydrogen) atoms. The molecule has 3 rings (SSSR count). The second kappa shape index (κ2) is 7.85. The number of anilines is 1. The van der Waals surface area contributed by atoms with E-state index in [1.807, 2.05) is 0 Å². The van der Waals surface area contributed by atoms with E-state index in [0.29, 0.717) is 28.5 Å². The summed E-state index contributed by atoms with van der Waals surface area (Å²) in [6, 6.07) is 11.8. The van der Waals surface area contributed by atoms with Crippen LogP contribution in [0.1, 0.15) is 16.3 Å². The van der Waals surface area contributed by atoms with E-state index in [9.17, 15) is 4.79 Å². The fourth-order valence-electron chi connectivity index (χ4n) is 2.32. The molecule has 0 unspecified atom stereocenters. The van der Waals surface area contributed by atoms with Gasteiger partial charge in [0, 0.05) is 5.69 Å². The predicted molar refractivity (Wildman–Crippen MR) is 99.0 cm³/mol. The number of methoxy groups -OCH3 is 1. The van der Waals surface area contributed by atoms with Crippen LogP contribution in [0.4, 0.5) is 5.69 Å². The van der Waals surface area contributed by atoms with Gasteiger partial charge in [0.1, 0.15) is 23.9 Å². The molecule has 0 bridgehead atoms. The molecule has 0 aliphatic rings. The average molecular weight is 372 g/mol. The monoisotopic (exact) mass is 372 g/mol. The molecule has 7 nitrogen and oxygen atoms in total. The van der Waals surface area contributed by atoms with Crippen LogP contribution in [0.25, 0.3) is 11.3 Å². The lowest BCUT2D eigenvalue weighted by Crippen LogP contribution is -2.33. The number of hydrogen-bond acceptors (Lipinski definition) is 6. The Balaban J connectivity index is 1.77. The molecule has 134 valence electrons. The molecule has 1 amide bonds. The Kier molecular flexibility index (Phi) is 5.35. The molecule has 0 radical (unpaired) electrons. The fourth-order valence-corrected chi connectivity index (χ4v) is 2.53.